The molecule has 114 valence electrons. The number of fused-ring (bicyclic) bond motifs is 1. The molecule has 1 aliphatic heterocycles. The van der Waals surface area contributed by atoms with Crippen molar-refractivity contribution < 1.29 is 9.53 Å². The van der Waals surface area contributed by atoms with E-state index in [1.165, 1.54) is 5.69 Å². The van der Waals surface area contributed by atoms with Gasteiger partial charge in [0.15, 0.2) is 6.10 Å². The predicted octanol–water partition coefficient (Wildman–Crippen LogP) is 4.10. The van der Waals surface area contributed by atoms with Crippen LogP contribution in [0.2, 0.25) is 0 Å². The van der Waals surface area contributed by atoms with Gasteiger partial charge < -0.3 is 9.64 Å². The lowest BCUT2D eigenvalue weighted by Gasteiger charge is -2.23. The highest BCUT2D eigenvalue weighted by Crippen LogP contribution is 2.37. The van der Waals surface area contributed by atoms with Crippen molar-refractivity contribution >= 4 is 11.7 Å². The SMILES string of the molecule is CCN(CC)c1ccc(C2OC(=O)c3ccccc32)c(C)c1. The summed E-state index contributed by atoms with van der Waals surface area (Å²) in [4.78, 5) is 14.3. The lowest BCUT2D eigenvalue weighted by atomic mass is 9.95. The highest BCUT2D eigenvalue weighted by molar-refractivity contribution is 5.94. The van der Waals surface area contributed by atoms with E-state index in [-0.39, 0.29) is 12.1 Å². The van der Waals surface area contributed by atoms with E-state index in [1.807, 2.05) is 24.3 Å². The van der Waals surface area contributed by atoms with Gasteiger partial charge in [0, 0.05) is 29.9 Å². The minimum atomic E-state index is -0.283. The Bertz CT molecular complexity index is 704. The van der Waals surface area contributed by atoms with Crippen LogP contribution in [0.3, 0.4) is 0 Å². The maximum Gasteiger partial charge on any atom is 0.339 e. The lowest BCUT2D eigenvalue weighted by molar-refractivity contribution is 0.0455. The zero-order chi connectivity index (χ0) is 15.7. The summed E-state index contributed by atoms with van der Waals surface area (Å²) in [5.74, 6) is -0.229. The first-order valence-electron chi connectivity index (χ1n) is 7.81. The largest absolute Gasteiger partial charge is 0.449 e. The summed E-state index contributed by atoms with van der Waals surface area (Å²) >= 11 is 0. The van der Waals surface area contributed by atoms with Gasteiger partial charge in [0.2, 0.25) is 0 Å². The van der Waals surface area contributed by atoms with Gasteiger partial charge in [-0.25, -0.2) is 4.79 Å². The molecule has 1 atom stereocenters. The molecule has 0 saturated carbocycles. The van der Waals surface area contributed by atoms with Gasteiger partial charge in [0.25, 0.3) is 0 Å². The van der Waals surface area contributed by atoms with Crippen molar-refractivity contribution in [3.05, 3.63) is 64.7 Å². The molecule has 0 spiro atoms. The normalized spacial score (nSPS) is 16.3. The number of carbonyl (C=O) groups is 1. The molecule has 2 aromatic rings. The molecule has 1 unspecified atom stereocenters. The van der Waals surface area contributed by atoms with Gasteiger partial charge in [0.1, 0.15) is 0 Å². The van der Waals surface area contributed by atoms with E-state index in [9.17, 15) is 4.79 Å². The van der Waals surface area contributed by atoms with Crippen LogP contribution in [0.5, 0.6) is 0 Å². The number of aryl methyl sites for hydroxylation is 1. The Morgan fingerprint density at radius 1 is 1.05 bits per heavy atom. The van der Waals surface area contributed by atoms with Crippen molar-refractivity contribution in [1.29, 1.82) is 0 Å². The maximum absolute atomic E-state index is 12.0. The Balaban J connectivity index is 1.99. The zero-order valence-electron chi connectivity index (χ0n) is 13.3. The van der Waals surface area contributed by atoms with E-state index >= 15 is 0 Å². The van der Waals surface area contributed by atoms with Crippen LogP contribution < -0.4 is 4.90 Å². The molecule has 2 aromatic carbocycles. The standard InChI is InChI=1S/C19H21NO2/c1-4-20(5-2)14-10-11-15(13(3)12-14)18-16-8-6-7-9-17(16)19(21)22-18/h6-12,18H,4-5H2,1-3H3. The Morgan fingerprint density at radius 2 is 1.77 bits per heavy atom. The summed E-state index contributed by atoms with van der Waals surface area (Å²) < 4.78 is 5.60. The second kappa shape index (κ2) is 5.84. The van der Waals surface area contributed by atoms with Gasteiger partial charge in [0.05, 0.1) is 5.56 Å². The monoisotopic (exact) mass is 295 g/mol. The molecule has 0 fully saturated rings. The Kier molecular flexibility index (Phi) is 3.88. The average molecular weight is 295 g/mol. The van der Waals surface area contributed by atoms with E-state index in [4.69, 9.17) is 4.74 Å². The van der Waals surface area contributed by atoms with Crippen molar-refractivity contribution in [3.8, 4) is 0 Å². The number of hydrogen-bond donors (Lipinski definition) is 0. The summed E-state index contributed by atoms with van der Waals surface area (Å²) in [7, 11) is 0. The third-order valence-electron chi connectivity index (χ3n) is 4.35. The number of cyclic esters (lactones) is 1. The summed E-state index contributed by atoms with van der Waals surface area (Å²) in [5.41, 5.74) is 5.07. The zero-order valence-corrected chi connectivity index (χ0v) is 13.3. The molecule has 3 rings (SSSR count). The topological polar surface area (TPSA) is 29.5 Å². The number of nitrogens with zero attached hydrogens (tertiary/aromatic N) is 1. The number of rotatable bonds is 4. The van der Waals surface area contributed by atoms with Crippen LogP contribution in [0.4, 0.5) is 5.69 Å². The van der Waals surface area contributed by atoms with Crippen LogP contribution in [-0.4, -0.2) is 19.1 Å². The molecule has 3 nitrogen and oxygen atoms in total. The second-order valence-electron chi connectivity index (χ2n) is 5.59. The smallest absolute Gasteiger partial charge is 0.339 e. The van der Waals surface area contributed by atoms with Crippen molar-refractivity contribution in [2.45, 2.75) is 26.9 Å². The molecule has 0 radical (unpaired) electrons. The van der Waals surface area contributed by atoms with Crippen LogP contribution in [0.25, 0.3) is 0 Å². The van der Waals surface area contributed by atoms with Crippen molar-refractivity contribution in [2.75, 3.05) is 18.0 Å². The molecule has 0 aromatic heterocycles. The first-order valence-corrected chi connectivity index (χ1v) is 7.81. The summed E-state index contributed by atoms with van der Waals surface area (Å²) in [6, 6.07) is 14.0. The third-order valence-corrected chi connectivity index (χ3v) is 4.35. The van der Waals surface area contributed by atoms with Crippen molar-refractivity contribution in [2.24, 2.45) is 0 Å². The van der Waals surface area contributed by atoms with E-state index in [0.29, 0.717) is 5.56 Å². The second-order valence-corrected chi connectivity index (χ2v) is 5.59. The molecule has 0 amide bonds. The number of hydrogen-bond acceptors (Lipinski definition) is 3. The van der Waals surface area contributed by atoms with E-state index in [1.54, 1.807) is 0 Å². The number of carbonyl (C=O) groups excluding carboxylic acids is 1. The molecule has 1 heterocycles. The van der Waals surface area contributed by atoms with E-state index < -0.39 is 0 Å². The van der Waals surface area contributed by atoms with Crippen LogP contribution in [0.1, 0.15) is 47.0 Å². The highest BCUT2D eigenvalue weighted by Gasteiger charge is 2.32. The fourth-order valence-corrected chi connectivity index (χ4v) is 3.12. The minimum Gasteiger partial charge on any atom is -0.449 e. The molecular formula is C19H21NO2. The van der Waals surface area contributed by atoms with Crippen LogP contribution in [0, 0.1) is 6.92 Å². The van der Waals surface area contributed by atoms with Gasteiger partial charge >= 0.3 is 5.97 Å². The molecule has 22 heavy (non-hydrogen) atoms. The third kappa shape index (κ3) is 2.37. The number of benzene rings is 2. The summed E-state index contributed by atoms with van der Waals surface area (Å²) in [6.45, 7) is 8.35. The molecule has 0 bridgehead atoms. The average Bonchev–Trinajstić information content (AvgIpc) is 2.86. The molecular weight excluding hydrogens is 274 g/mol. The fourth-order valence-electron chi connectivity index (χ4n) is 3.12. The first-order chi connectivity index (χ1) is 10.7. The molecule has 3 heteroatoms. The van der Waals surface area contributed by atoms with Crippen molar-refractivity contribution in [3.63, 3.8) is 0 Å². The summed E-state index contributed by atoms with van der Waals surface area (Å²) in [5, 5.41) is 0. The first kappa shape index (κ1) is 14.6. The van der Waals surface area contributed by atoms with Crippen LogP contribution in [0.15, 0.2) is 42.5 Å². The van der Waals surface area contributed by atoms with Crippen LogP contribution in [-0.2, 0) is 4.74 Å². The number of anilines is 1. The van der Waals surface area contributed by atoms with Gasteiger partial charge in [-0.2, -0.15) is 0 Å². The quantitative estimate of drug-likeness (QED) is 0.795. The predicted molar refractivity (Wildman–Crippen MR) is 88.4 cm³/mol. The Morgan fingerprint density at radius 3 is 2.45 bits per heavy atom. The van der Waals surface area contributed by atoms with Gasteiger partial charge in [-0.3, -0.25) is 0 Å². The Hall–Kier alpha value is -2.29. The van der Waals surface area contributed by atoms with Crippen LogP contribution >= 0.6 is 0 Å². The number of esters is 1. The fraction of sp³-hybridized carbons (Fsp3) is 0.316. The van der Waals surface area contributed by atoms with E-state index in [0.717, 1.165) is 29.8 Å². The van der Waals surface area contributed by atoms with E-state index in [2.05, 4.69) is 43.9 Å². The van der Waals surface area contributed by atoms with Crippen molar-refractivity contribution in [1.82, 2.24) is 0 Å². The molecule has 1 aliphatic rings. The summed E-state index contributed by atoms with van der Waals surface area (Å²) in [6.07, 6.45) is -0.283. The minimum absolute atomic E-state index is 0.229. The molecule has 0 N–H and O–H groups in total. The number of ether oxygens (including phenoxy) is 1. The Labute approximate surface area is 131 Å². The highest BCUT2D eigenvalue weighted by atomic mass is 16.5. The maximum atomic E-state index is 12.0. The van der Waals surface area contributed by atoms with Gasteiger partial charge in [-0.05, 0) is 44.5 Å². The molecule has 0 aliphatic carbocycles. The van der Waals surface area contributed by atoms with Gasteiger partial charge in [-0.1, -0.05) is 24.3 Å². The van der Waals surface area contributed by atoms with Gasteiger partial charge in [-0.15, -0.1) is 0 Å². The lowest BCUT2D eigenvalue weighted by Crippen LogP contribution is -2.22. The molecule has 0 saturated heterocycles.